The zero-order chi connectivity index (χ0) is 16.3. The Bertz CT molecular complexity index is 554. The molecule has 3 rings (SSSR count). The van der Waals surface area contributed by atoms with Crippen LogP contribution in [0.5, 0.6) is 0 Å². The molecule has 0 aromatic carbocycles. The van der Waals surface area contributed by atoms with Crippen LogP contribution in [0.25, 0.3) is 0 Å². The number of aromatic nitrogens is 1. The van der Waals surface area contributed by atoms with Gasteiger partial charge in [-0.15, -0.1) is 6.58 Å². The first kappa shape index (κ1) is 16.0. The SMILES string of the molecule is C=CCC1(C(=O)NC2CCN(c3ccc(C)cn3)CC2)CCC1. The summed E-state index contributed by atoms with van der Waals surface area (Å²) >= 11 is 0. The molecular weight excluding hydrogens is 286 g/mol. The average molecular weight is 313 g/mol. The third-order valence-corrected chi connectivity index (χ3v) is 5.38. The molecule has 0 spiro atoms. The topological polar surface area (TPSA) is 45.2 Å². The van der Waals surface area contributed by atoms with Gasteiger partial charge in [0, 0.05) is 25.3 Å². The van der Waals surface area contributed by atoms with Crippen molar-refractivity contribution >= 4 is 11.7 Å². The quantitative estimate of drug-likeness (QED) is 0.849. The molecule has 0 radical (unpaired) electrons. The van der Waals surface area contributed by atoms with Gasteiger partial charge in [-0.05, 0) is 50.7 Å². The number of aryl methyl sites for hydroxylation is 1. The van der Waals surface area contributed by atoms with Crippen LogP contribution in [0.15, 0.2) is 31.0 Å². The van der Waals surface area contributed by atoms with Crippen LogP contribution in [0.2, 0.25) is 0 Å². The lowest BCUT2D eigenvalue weighted by Gasteiger charge is -2.41. The van der Waals surface area contributed by atoms with E-state index in [-0.39, 0.29) is 11.3 Å². The highest BCUT2D eigenvalue weighted by atomic mass is 16.2. The number of carbonyl (C=O) groups excluding carboxylic acids is 1. The molecule has 1 saturated carbocycles. The number of nitrogens with one attached hydrogen (secondary N) is 1. The van der Waals surface area contributed by atoms with E-state index >= 15 is 0 Å². The minimum atomic E-state index is -0.155. The van der Waals surface area contributed by atoms with Crippen molar-refractivity contribution in [2.45, 2.75) is 51.5 Å². The number of amides is 1. The van der Waals surface area contributed by atoms with Crippen LogP contribution >= 0.6 is 0 Å². The Hall–Kier alpha value is -1.84. The molecule has 1 saturated heterocycles. The van der Waals surface area contributed by atoms with Gasteiger partial charge in [0.1, 0.15) is 5.82 Å². The van der Waals surface area contributed by atoms with E-state index in [9.17, 15) is 4.79 Å². The Morgan fingerprint density at radius 2 is 2.17 bits per heavy atom. The van der Waals surface area contributed by atoms with Crippen LogP contribution in [0.1, 0.15) is 44.1 Å². The fraction of sp³-hybridized carbons (Fsp3) is 0.579. The Kier molecular flexibility index (Phi) is 4.69. The zero-order valence-corrected chi connectivity index (χ0v) is 14.1. The van der Waals surface area contributed by atoms with E-state index in [0.29, 0.717) is 6.04 Å². The molecular formula is C19H27N3O. The third kappa shape index (κ3) is 3.41. The van der Waals surface area contributed by atoms with Gasteiger partial charge in [-0.2, -0.15) is 0 Å². The molecule has 0 unspecified atom stereocenters. The maximum Gasteiger partial charge on any atom is 0.226 e. The minimum absolute atomic E-state index is 0.155. The summed E-state index contributed by atoms with van der Waals surface area (Å²) in [6.45, 7) is 7.77. The average Bonchev–Trinajstić information content (AvgIpc) is 2.52. The summed E-state index contributed by atoms with van der Waals surface area (Å²) in [4.78, 5) is 19.4. The number of anilines is 1. The second-order valence-corrected chi connectivity index (χ2v) is 7.06. The summed E-state index contributed by atoms with van der Waals surface area (Å²) in [5, 5.41) is 3.29. The molecule has 0 atom stereocenters. The third-order valence-electron chi connectivity index (χ3n) is 5.38. The summed E-state index contributed by atoms with van der Waals surface area (Å²) in [5.74, 6) is 1.29. The monoisotopic (exact) mass is 313 g/mol. The first-order valence-corrected chi connectivity index (χ1v) is 8.72. The number of piperidine rings is 1. The molecule has 2 aliphatic rings. The molecule has 1 aromatic heterocycles. The maximum absolute atomic E-state index is 12.6. The van der Waals surface area contributed by atoms with Gasteiger partial charge in [-0.1, -0.05) is 18.6 Å². The van der Waals surface area contributed by atoms with Gasteiger partial charge in [0.05, 0.1) is 5.41 Å². The van der Waals surface area contributed by atoms with Gasteiger partial charge >= 0.3 is 0 Å². The number of allylic oxidation sites excluding steroid dienone is 1. The Balaban J connectivity index is 1.52. The maximum atomic E-state index is 12.6. The first-order chi connectivity index (χ1) is 11.1. The summed E-state index contributed by atoms with van der Waals surface area (Å²) < 4.78 is 0. The highest BCUT2D eigenvalue weighted by molar-refractivity contribution is 5.84. The Morgan fingerprint density at radius 1 is 1.43 bits per heavy atom. The van der Waals surface area contributed by atoms with Gasteiger partial charge in [-0.3, -0.25) is 4.79 Å². The zero-order valence-electron chi connectivity index (χ0n) is 14.1. The van der Waals surface area contributed by atoms with E-state index in [1.165, 1.54) is 12.0 Å². The molecule has 1 aliphatic carbocycles. The molecule has 2 heterocycles. The van der Waals surface area contributed by atoms with E-state index in [1.807, 2.05) is 12.3 Å². The van der Waals surface area contributed by atoms with Gasteiger partial charge < -0.3 is 10.2 Å². The molecule has 1 aromatic rings. The molecule has 1 aliphatic heterocycles. The molecule has 1 amide bonds. The first-order valence-electron chi connectivity index (χ1n) is 8.72. The number of carbonyl (C=O) groups is 1. The molecule has 124 valence electrons. The van der Waals surface area contributed by atoms with Gasteiger partial charge in [0.25, 0.3) is 0 Å². The summed E-state index contributed by atoms with van der Waals surface area (Å²) in [7, 11) is 0. The van der Waals surface area contributed by atoms with Gasteiger partial charge in [0.15, 0.2) is 0 Å². The smallest absolute Gasteiger partial charge is 0.226 e. The number of rotatable bonds is 5. The van der Waals surface area contributed by atoms with E-state index in [1.54, 1.807) is 0 Å². The van der Waals surface area contributed by atoms with Crippen molar-refractivity contribution in [1.29, 1.82) is 0 Å². The van der Waals surface area contributed by atoms with Crippen LogP contribution in [0.4, 0.5) is 5.82 Å². The normalized spacial score (nSPS) is 20.7. The molecule has 4 nitrogen and oxygen atoms in total. The predicted octanol–water partition coefficient (Wildman–Crippen LogP) is 3.22. The second kappa shape index (κ2) is 6.73. The minimum Gasteiger partial charge on any atom is -0.356 e. The molecule has 23 heavy (non-hydrogen) atoms. The number of hydrogen-bond donors (Lipinski definition) is 1. The van der Waals surface area contributed by atoms with Crippen molar-refractivity contribution in [3.63, 3.8) is 0 Å². The van der Waals surface area contributed by atoms with Crippen LogP contribution < -0.4 is 10.2 Å². The van der Waals surface area contributed by atoms with Crippen LogP contribution in [-0.2, 0) is 4.79 Å². The highest BCUT2D eigenvalue weighted by Crippen LogP contribution is 2.44. The fourth-order valence-electron chi connectivity index (χ4n) is 3.64. The van der Waals surface area contributed by atoms with Crippen molar-refractivity contribution in [2.24, 2.45) is 5.41 Å². The van der Waals surface area contributed by atoms with E-state index in [4.69, 9.17) is 0 Å². The van der Waals surface area contributed by atoms with E-state index in [2.05, 4.69) is 40.8 Å². The molecule has 4 heteroatoms. The lowest BCUT2D eigenvalue weighted by Crippen LogP contribution is -2.52. The van der Waals surface area contributed by atoms with Crippen LogP contribution in [0.3, 0.4) is 0 Å². The van der Waals surface area contributed by atoms with Crippen molar-refractivity contribution in [3.8, 4) is 0 Å². The van der Waals surface area contributed by atoms with Gasteiger partial charge in [0.2, 0.25) is 5.91 Å². The predicted molar refractivity (Wildman–Crippen MR) is 93.4 cm³/mol. The molecule has 1 N–H and O–H groups in total. The van der Waals surface area contributed by atoms with Crippen molar-refractivity contribution in [1.82, 2.24) is 10.3 Å². The van der Waals surface area contributed by atoms with Crippen molar-refractivity contribution in [2.75, 3.05) is 18.0 Å². The number of pyridine rings is 1. The number of hydrogen-bond acceptors (Lipinski definition) is 3. The lowest BCUT2D eigenvalue weighted by atomic mass is 9.66. The summed E-state index contributed by atoms with van der Waals surface area (Å²) in [6, 6.07) is 4.49. The summed E-state index contributed by atoms with van der Waals surface area (Å²) in [5.41, 5.74) is 1.03. The van der Waals surface area contributed by atoms with Crippen LogP contribution in [-0.4, -0.2) is 30.0 Å². The Labute approximate surface area is 139 Å². The number of nitrogens with zero attached hydrogens (tertiary/aromatic N) is 2. The fourth-order valence-corrected chi connectivity index (χ4v) is 3.64. The molecule has 0 bridgehead atoms. The molecule has 2 fully saturated rings. The second-order valence-electron chi connectivity index (χ2n) is 7.06. The lowest BCUT2D eigenvalue weighted by molar-refractivity contribution is -0.136. The van der Waals surface area contributed by atoms with Gasteiger partial charge in [-0.25, -0.2) is 4.98 Å². The van der Waals surface area contributed by atoms with E-state index in [0.717, 1.165) is 51.0 Å². The standard InChI is InChI=1S/C19H27N3O/c1-3-9-19(10-4-11-19)18(23)21-16-7-12-22(13-8-16)17-6-5-15(2)14-20-17/h3,5-6,14,16H,1,4,7-13H2,2H3,(H,21,23). The van der Waals surface area contributed by atoms with Crippen molar-refractivity contribution < 1.29 is 4.79 Å². The van der Waals surface area contributed by atoms with E-state index < -0.39 is 0 Å². The Morgan fingerprint density at radius 3 is 2.70 bits per heavy atom. The van der Waals surface area contributed by atoms with Crippen molar-refractivity contribution in [3.05, 3.63) is 36.5 Å². The summed E-state index contributed by atoms with van der Waals surface area (Å²) in [6.07, 6.45) is 9.79. The largest absolute Gasteiger partial charge is 0.356 e. The van der Waals surface area contributed by atoms with Crippen LogP contribution in [0, 0.1) is 12.3 Å². The highest BCUT2D eigenvalue weighted by Gasteiger charge is 2.43.